The molecule has 0 saturated carbocycles. The maximum absolute atomic E-state index is 9.43. The highest BCUT2D eigenvalue weighted by atomic mass is 16.1. The molecule has 3 nitrogen and oxygen atoms in total. The highest BCUT2D eigenvalue weighted by molar-refractivity contribution is 5.45. The predicted molar refractivity (Wildman–Crippen MR) is 62.0 cm³/mol. The van der Waals surface area contributed by atoms with Crippen LogP contribution in [0.4, 0.5) is 0 Å². The molecule has 0 atom stereocenters. The van der Waals surface area contributed by atoms with E-state index in [2.05, 4.69) is 34.6 Å². The number of amides is 1. The zero-order chi connectivity index (χ0) is 11.9. The fraction of sp³-hybridized carbons (Fsp3) is 0.909. The van der Waals surface area contributed by atoms with Crippen LogP contribution in [0.2, 0.25) is 0 Å². The number of rotatable bonds is 3. The summed E-state index contributed by atoms with van der Waals surface area (Å²) < 4.78 is 0. The zero-order valence-corrected chi connectivity index (χ0v) is 10.7. The van der Waals surface area contributed by atoms with Gasteiger partial charge in [-0.05, 0) is 18.8 Å². The maximum Gasteiger partial charge on any atom is 0.209 e. The number of carbonyl (C=O) groups excluding carboxylic acids is 1. The van der Waals surface area contributed by atoms with E-state index in [9.17, 15) is 4.79 Å². The summed E-state index contributed by atoms with van der Waals surface area (Å²) >= 11 is 0. The summed E-state index contributed by atoms with van der Waals surface area (Å²) in [5, 5.41) is 0. The van der Waals surface area contributed by atoms with Gasteiger partial charge in [0.05, 0.1) is 0 Å². The molecular weight excluding hydrogens is 176 g/mol. The molecule has 3 heteroatoms. The van der Waals surface area contributed by atoms with Crippen molar-refractivity contribution in [2.75, 3.05) is 14.1 Å². The smallest absolute Gasteiger partial charge is 0.209 e. The summed E-state index contributed by atoms with van der Waals surface area (Å²) in [4.78, 5) is 10.9. The van der Waals surface area contributed by atoms with Crippen molar-refractivity contribution in [2.45, 2.75) is 40.2 Å². The molecule has 86 valence electrons. The molecule has 0 radical (unpaired) electrons. The van der Waals surface area contributed by atoms with Gasteiger partial charge >= 0.3 is 0 Å². The van der Waals surface area contributed by atoms with Gasteiger partial charge in [0.1, 0.15) is 0 Å². The second kappa shape index (κ2) is 6.82. The first-order valence-electron chi connectivity index (χ1n) is 5.06. The predicted octanol–water partition coefficient (Wildman–Crippen LogP) is 1.72. The van der Waals surface area contributed by atoms with Gasteiger partial charge in [-0.25, -0.2) is 0 Å². The molecule has 0 saturated heterocycles. The van der Waals surface area contributed by atoms with Gasteiger partial charge in [0.25, 0.3) is 0 Å². The van der Waals surface area contributed by atoms with Crippen molar-refractivity contribution in [3.8, 4) is 0 Å². The molecule has 0 aliphatic carbocycles. The molecule has 0 rings (SSSR count). The third-order valence-electron chi connectivity index (χ3n) is 2.70. The Balaban J connectivity index is 0. The van der Waals surface area contributed by atoms with E-state index in [4.69, 9.17) is 5.73 Å². The molecular formula is C11H26N2O. The lowest BCUT2D eigenvalue weighted by atomic mass is 9.80. The van der Waals surface area contributed by atoms with Crippen LogP contribution in [0.15, 0.2) is 0 Å². The van der Waals surface area contributed by atoms with Gasteiger partial charge < -0.3 is 10.6 Å². The van der Waals surface area contributed by atoms with Gasteiger partial charge in [0, 0.05) is 19.6 Å². The largest absolute Gasteiger partial charge is 0.351 e. The second-order valence-corrected chi connectivity index (χ2v) is 4.74. The Morgan fingerprint density at radius 1 is 1.14 bits per heavy atom. The summed E-state index contributed by atoms with van der Waals surface area (Å²) in [6, 6.07) is 0. The Labute approximate surface area is 88.7 Å². The minimum Gasteiger partial charge on any atom is -0.351 e. The van der Waals surface area contributed by atoms with E-state index in [1.165, 1.54) is 4.90 Å². The van der Waals surface area contributed by atoms with Crippen molar-refractivity contribution >= 4 is 6.41 Å². The van der Waals surface area contributed by atoms with Crippen molar-refractivity contribution in [1.82, 2.24) is 4.90 Å². The third kappa shape index (κ3) is 6.89. The molecule has 0 aliphatic heterocycles. The second-order valence-electron chi connectivity index (χ2n) is 4.74. The van der Waals surface area contributed by atoms with E-state index in [0.29, 0.717) is 11.8 Å². The van der Waals surface area contributed by atoms with Gasteiger partial charge in [-0.15, -0.1) is 0 Å². The topological polar surface area (TPSA) is 46.3 Å². The maximum atomic E-state index is 9.43. The monoisotopic (exact) mass is 202 g/mol. The Hall–Kier alpha value is -0.570. The summed E-state index contributed by atoms with van der Waals surface area (Å²) in [6.45, 7) is 10.8. The molecule has 0 heterocycles. The summed E-state index contributed by atoms with van der Waals surface area (Å²) in [6.07, 6.45) is 0.750. The molecule has 0 aromatic heterocycles. The van der Waals surface area contributed by atoms with Gasteiger partial charge in [-0.1, -0.05) is 27.7 Å². The van der Waals surface area contributed by atoms with E-state index < -0.39 is 0 Å². The third-order valence-corrected chi connectivity index (χ3v) is 2.70. The molecule has 0 fully saturated rings. The zero-order valence-electron chi connectivity index (χ0n) is 10.7. The fourth-order valence-corrected chi connectivity index (χ4v) is 0.667. The Bertz CT molecular complexity index is 141. The van der Waals surface area contributed by atoms with Crippen LogP contribution < -0.4 is 5.73 Å². The van der Waals surface area contributed by atoms with E-state index in [0.717, 1.165) is 6.41 Å². The molecule has 0 aliphatic rings. The van der Waals surface area contributed by atoms with Gasteiger partial charge in [-0.2, -0.15) is 0 Å². The molecule has 14 heavy (non-hydrogen) atoms. The first-order chi connectivity index (χ1) is 6.16. The van der Waals surface area contributed by atoms with Crippen LogP contribution in [0.3, 0.4) is 0 Å². The Kier molecular flexibility index (Phi) is 7.74. The minimum atomic E-state index is 0.000000000000000222. The lowest BCUT2D eigenvalue weighted by molar-refractivity contribution is -0.115. The average molecular weight is 202 g/mol. The number of hydrogen-bond acceptors (Lipinski definition) is 2. The van der Waals surface area contributed by atoms with Gasteiger partial charge in [0.15, 0.2) is 0 Å². The van der Waals surface area contributed by atoms with Crippen LogP contribution in [0, 0.1) is 11.8 Å². The van der Waals surface area contributed by atoms with Crippen molar-refractivity contribution in [2.24, 2.45) is 17.6 Å². The molecule has 0 unspecified atom stereocenters. The quantitative estimate of drug-likeness (QED) is 0.708. The number of nitrogens with zero attached hydrogens (tertiary/aromatic N) is 1. The number of hydrogen-bond donors (Lipinski definition) is 1. The van der Waals surface area contributed by atoms with E-state index >= 15 is 0 Å². The van der Waals surface area contributed by atoms with Crippen LogP contribution in [-0.4, -0.2) is 30.9 Å². The van der Waals surface area contributed by atoms with Crippen molar-refractivity contribution in [1.29, 1.82) is 0 Å². The number of nitrogens with two attached hydrogens (primary N) is 1. The first-order valence-corrected chi connectivity index (χ1v) is 5.06. The standard InChI is InChI=1S/C8H19N.C3H7NO/c1-6(2)8(5,9)7(3)4;1-4(2)3-5/h6-7H,9H2,1-5H3;3H,1-2H3. The van der Waals surface area contributed by atoms with E-state index in [1.807, 2.05) is 0 Å². The normalized spacial score (nSPS) is 11.0. The highest BCUT2D eigenvalue weighted by Crippen LogP contribution is 2.21. The highest BCUT2D eigenvalue weighted by Gasteiger charge is 2.26. The van der Waals surface area contributed by atoms with Crippen LogP contribution >= 0.6 is 0 Å². The van der Waals surface area contributed by atoms with Crippen molar-refractivity contribution in [3.05, 3.63) is 0 Å². The van der Waals surface area contributed by atoms with E-state index in [1.54, 1.807) is 14.1 Å². The molecule has 1 amide bonds. The SMILES string of the molecule is CC(C)C(C)(N)C(C)C.CN(C)C=O. The van der Waals surface area contributed by atoms with Crippen LogP contribution in [0.5, 0.6) is 0 Å². The lowest BCUT2D eigenvalue weighted by Gasteiger charge is -2.33. The van der Waals surface area contributed by atoms with Gasteiger partial charge in [0.2, 0.25) is 6.41 Å². The average Bonchev–Trinajstić information content (AvgIpc) is 2.04. The fourth-order valence-electron chi connectivity index (χ4n) is 0.667. The molecule has 2 N–H and O–H groups in total. The molecule has 0 aromatic rings. The molecule has 0 spiro atoms. The molecule has 0 aromatic carbocycles. The molecule has 0 bridgehead atoms. The number of carbonyl (C=O) groups is 1. The van der Waals surface area contributed by atoms with Crippen LogP contribution in [0.25, 0.3) is 0 Å². The van der Waals surface area contributed by atoms with Gasteiger partial charge in [-0.3, -0.25) is 4.79 Å². The van der Waals surface area contributed by atoms with Crippen LogP contribution in [0.1, 0.15) is 34.6 Å². The Morgan fingerprint density at radius 2 is 1.36 bits per heavy atom. The first kappa shape index (κ1) is 15.9. The van der Waals surface area contributed by atoms with Crippen molar-refractivity contribution < 1.29 is 4.79 Å². The van der Waals surface area contributed by atoms with Crippen molar-refractivity contribution in [3.63, 3.8) is 0 Å². The van der Waals surface area contributed by atoms with E-state index in [-0.39, 0.29) is 5.54 Å². The van der Waals surface area contributed by atoms with Crippen LogP contribution in [-0.2, 0) is 4.79 Å². The summed E-state index contributed by atoms with van der Waals surface area (Å²) in [5.74, 6) is 1.13. The summed E-state index contributed by atoms with van der Waals surface area (Å²) in [5.41, 5.74) is 6.00. The Morgan fingerprint density at radius 3 is 1.36 bits per heavy atom. The summed E-state index contributed by atoms with van der Waals surface area (Å²) in [7, 11) is 3.38. The lowest BCUT2D eigenvalue weighted by Crippen LogP contribution is -2.46. The minimum absolute atomic E-state index is 0.000000000000000222.